The number of carbonyl (C=O) groups excluding carboxylic acids is 1. The summed E-state index contributed by atoms with van der Waals surface area (Å²) in [5.41, 5.74) is 0.630. The van der Waals surface area contributed by atoms with Gasteiger partial charge in [0.15, 0.2) is 5.82 Å². The third-order valence-corrected chi connectivity index (χ3v) is 6.89. The van der Waals surface area contributed by atoms with Crippen LogP contribution in [0, 0.1) is 17.0 Å². The summed E-state index contributed by atoms with van der Waals surface area (Å²) in [6.45, 7) is 11.1. The third kappa shape index (κ3) is 6.69. The largest absolute Gasteiger partial charge is 0.385 e. The van der Waals surface area contributed by atoms with Crippen molar-refractivity contribution in [3.63, 3.8) is 0 Å². The van der Waals surface area contributed by atoms with E-state index in [0.29, 0.717) is 62.3 Å². The fraction of sp³-hybridized carbons (Fsp3) is 0.630. The number of amides is 1. The highest BCUT2D eigenvalue weighted by atomic mass is 19.1. The SMILES string of the molecule is CCC[C@H](NC1CCc2cc(F)cc(F)c2C1)C(=O)Nc1cn(CC2(O)CN(CC(C)(C)C)C2)cn1. The van der Waals surface area contributed by atoms with Crippen molar-refractivity contribution in [1.82, 2.24) is 19.8 Å². The van der Waals surface area contributed by atoms with E-state index >= 15 is 0 Å². The predicted octanol–water partition coefficient (Wildman–Crippen LogP) is 3.51. The maximum absolute atomic E-state index is 14.3. The molecule has 2 heterocycles. The Balaban J connectivity index is 1.31. The molecule has 2 aromatic rings. The standard InChI is InChI=1S/C27H39F2N5O2/c1-5-6-23(31-20-8-7-18-9-19(28)10-22(29)21(18)11-20)25(35)32-24-12-33(17-30-24)14-27(36)15-34(16-27)13-26(2,3)4/h9-10,12,17,20,23,31,36H,5-8,11,13-16H2,1-4H3,(H,32,35)/t20?,23-/m0/s1. The Labute approximate surface area is 212 Å². The molecule has 4 rings (SSSR count). The number of benzene rings is 1. The number of anilines is 1. The van der Waals surface area contributed by atoms with Gasteiger partial charge in [-0.1, -0.05) is 34.1 Å². The smallest absolute Gasteiger partial charge is 0.242 e. The van der Waals surface area contributed by atoms with Gasteiger partial charge in [0.25, 0.3) is 0 Å². The minimum absolute atomic E-state index is 0.0683. The van der Waals surface area contributed by atoms with Crippen LogP contribution in [0.2, 0.25) is 0 Å². The molecule has 7 nitrogen and oxygen atoms in total. The van der Waals surface area contributed by atoms with Crippen LogP contribution in [-0.4, -0.2) is 62.8 Å². The summed E-state index contributed by atoms with van der Waals surface area (Å²) < 4.78 is 29.7. The zero-order chi connectivity index (χ0) is 26.1. The van der Waals surface area contributed by atoms with Gasteiger partial charge in [0.05, 0.1) is 18.9 Å². The number of aliphatic hydroxyl groups is 1. The van der Waals surface area contributed by atoms with Crippen LogP contribution in [0.15, 0.2) is 24.7 Å². The molecule has 0 bridgehead atoms. The molecule has 1 amide bonds. The number of likely N-dealkylation sites (tertiary alicyclic amines) is 1. The summed E-state index contributed by atoms with van der Waals surface area (Å²) in [6, 6.07) is 1.82. The number of aryl methyl sites for hydroxylation is 1. The van der Waals surface area contributed by atoms with Crippen LogP contribution in [-0.2, 0) is 24.2 Å². The third-order valence-electron chi connectivity index (χ3n) is 6.89. The average Bonchev–Trinajstić information content (AvgIpc) is 3.17. The monoisotopic (exact) mass is 503 g/mol. The van der Waals surface area contributed by atoms with Gasteiger partial charge in [0.1, 0.15) is 17.2 Å². The van der Waals surface area contributed by atoms with Gasteiger partial charge in [-0.2, -0.15) is 0 Å². The fourth-order valence-corrected chi connectivity index (χ4v) is 5.53. The van der Waals surface area contributed by atoms with E-state index < -0.39 is 23.3 Å². The number of β-amino-alcohol motifs (C(OH)–C–C–N with tert-alkyl or cyclic N) is 1. The first-order valence-corrected chi connectivity index (χ1v) is 12.9. The molecule has 198 valence electrons. The van der Waals surface area contributed by atoms with Crippen LogP contribution in [0.1, 0.15) is 58.1 Å². The molecule has 36 heavy (non-hydrogen) atoms. The van der Waals surface area contributed by atoms with Crippen molar-refractivity contribution in [2.24, 2.45) is 5.41 Å². The lowest BCUT2D eigenvalue weighted by Crippen LogP contribution is -2.64. The summed E-state index contributed by atoms with van der Waals surface area (Å²) in [5.74, 6) is -0.820. The lowest BCUT2D eigenvalue weighted by molar-refractivity contribution is -0.118. The van der Waals surface area contributed by atoms with Crippen molar-refractivity contribution in [3.8, 4) is 0 Å². The first-order valence-electron chi connectivity index (χ1n) is 12.9. The van der Waals surface area contributed by atoms with Crippen LogP contribution in [0.25, 0.3) is 0 Å². The molecular weight excluding hydrogens is 464 g/mol. The van der Waals surface area contributed by atoms with Gasteiger partial charge in [-0.3, -0.25) is 9.69 Å². The van der Waals surface area contributed by atoms with Crippen molar-refractivity contribution >= 4 is 11.7 Å². The van der Waals surface area contributed by atoms with Crippen molar-refractivity contribution in [2.75, 3.05) is 25.0 Å². The van der Waals surface area contributed by atoms with Gasteiger partial charge >= 0.3 is 0 Å². The molecule has 1 aliphatic carbocycles. The number of nitrogens with zero attached hydrogens (tertiary/aromatic N) is 3. The number of halogens is 2. The molecule has 0 saturated carbocycles. The normalized spacial score (nSPS) is 20.5. The Hall–Kier alpha value is -2.36. The fourth-order valence-electron chi connectivity index (χ4n) is 5.53. The number of carbonyl (C=O) groups is 1. The van der Waals surface area contributed by atoms with E-state index in [4.69, 9.17) is 0 Å². The molecule has 1 aromatic heterocycles. The van der Waals surface area contributed by atoms with E-state index in [0.717, 1.165) is 19.0 Å². The maximum Gasteiger partial charge on any atom is 0.242 e. The Morgan fingerprint density at radius 2 is 2.06 bits per heavy atom. The number of hydrogen-bond donors (Lipinski definition) is 3. The first-order chi connectivity index (χ1) is 16.9. The average molecular weight is 504 g/mol. The molecule has 0 spiro atoms. The lowest BCUT2D eigenvalue weighted by Gasteiger charge is -2.48. The van der Waals surface area contributed by atoms with Crippen LogP contribution >= 0.6 is 0 Å². The number of hydrogen-bond acceptors (Lipinski definition) is 5. The second-order valence-corrected chi connectivity index (χ2v) is 11.8. The summed E-state index contributed by atoms with van der Waals surface area (Å²) in [5, 5.41) is 17.1. The van der Waals surface area contributed by atoms with Crippen LogP contribution in [0.5, 0.6) is 0 Å². The van der Waals surface area contributed by atoms with Crippen LogP contribution < -0.4 is 10.6 Å². The molecule has 2 atom stereocenters. The summed E-state index contributed by atoms with van der Waals surface area (Å²) >= 11 is 0. The molecule has 1 aromatic carbocycles. The van der Waals surface area contributed by atoms with Gasteiger partial charge < -0.3 is 20.3 Å². The highest BCUT2D eigenvalue weighted by molar-refractivity contribution is 5.94. The van der Waals surface area contributed by atoms with E-state index in [1.54, 1.807) is 12.5 Å². The summed E-state index contributed by atoms with van der Waals surface area (Å²) in [4.78, 5) is 19.6. The molecule has 1 aliphatic heterocycles. The molecule has 3 N–H and O–H groups in total. The minimum atomic E-state index is -0.797. The Bertz CT molecular complexity index is 1070. The van der Waals surface area contributed by atoms with E-state index in [9.17, 15) is 18.7 Å². The number of nitrogens with one attached hydrogen (secondary N) is 2. The molecule has 0 radical (unpaired) electrons. The van der Waals surface area contributed by atoms with E-state index in [1.807, 2.05) is 11.5 Å². The van der Waals surface area contributed by atoms with Crippen LogP contribution in [0.3, 0.4) is 0 Å². The minimum Gasteiger partial charge on any atom is -0.385 e. The number of fused-ring (bicyclic) bond motifs is 1. The van der Waals surface area contributed by atoms with E-state index in [2.05, 4.69) is 41.3 Å². The second-order valence-electron chi connectivity index (χ2n) is 11.8. The summed E-state index contributed by atoms with van der Waals surface area (Å²) in [7, 11) is 0. The van der Waals surface area contributed by atoms with Crippen molar-refractivity contribution in [1.29, 1.82) is 0 Å². The molecule has 2 aliphatic rings. The highest BCUT2D eigenvalue weighted by Gasteiger charge is 2.42. The van der Waals surface area contributed by atoms with Gasteiger partial charge in [-0.15, -0.1) is 0 Å². The van der Waals surface area contributed by atoms with Crippen molar-refractivity contribution in [2.45, 2.75) is 84.0 Å². The maximum atomic E-state index is 14.3. The lowest BCUT2D eigenvalue weighted by atomic mass is 9.87. The first kappa shape index (κ1) is 26.7. The van der Waals surface area contributed by atoms with E-state index in [-0.39, 0.29) is 17.4 Å². The number of aromatic nitrogens is 2. The Morgan fingerprint density at radius 3 is 2.75 bits per heavy atom. The molecule has 1 fully saturated rings. The van der Waals surface area contributed by atoms with Crippen LogP contribution in [0.4, 0.5) is 14.6 Å². The zero-order valence-electron chi connectivity index (χ0n) is 21.8. The molecule has 1 unspecified atom stereocenters. The topological polar surface area (TPSA) is 82.4 Å². The number of imidazole rings is 1. The molecule has 9 heteroatoms. The van der Waals surface area contributed by atoms with Gasteiger partial charge in [-0.05, 0) is 48.3 Å². The Morgan fingerprint density at radius 1 is 1.31 bits per heavy atom. The van der Waals surface area contributed by atoms with E-state index in [1.165, 1.54) is 6.07 Å². The zero-order valence-corrected chi connectivity index (χ0v) is 21.8. The van der Waals surface area contributed by atoms with Crippen molar-refractivity contribution in [3.05, 3.63) is 47.4 Å². The highest BCUT2D eigenvalue weighted by Crippen LogP contribution is 2.28. The molecular formula is C27H39F2N5O2. The second kappa shape index (κ2) is 10.6. The quantitative estimate of drug-likeness (QED) is 0.488. The Kier molecular flexibility index (Phi) is 7.83. The van der Waals surface area contributed by atoms with Crippen molar-refractivity contribution < 1.29 is 18.7 Å². The molecule has 1 saturated heterocycles. The number of rotatable bonds is 9. The van der Waals surface area contributed by atoms with Gasteiger partial charge in [0, 0.05) is 37.9 Å². The predicted molar refractivity (Wildman–Crippen MR) is 136 cm³/mol. The summed E-state index contributed by atoms with van der Waals surface area (Å²) in [6.07, 6.45) is 6.51. The van der Waals surface area contributed by atoms with Gasteiger partial charge in [-0.25, -0.2) is 13.8 Å². The van der Waals surface area contributed by atoms with Gasteiger partial charge in [0.2, 0.25) is 5.91 Å².